The number of unbranched alkanes of at least 4 members (excludes halogenated alkanes) is 2. The summed E-state index contributed by atoms with van der Waals surface area (Å²) < 4.78 is 0. The molecule has 4 heteroatoms. The standard InChI is InChI=1S/C29H34N2O2/c1-2-3-13-22-30-29(33)28(26-18-11-6-12-19-26)31(23-25-16-9-5-10-17-25)27(32)21-20-24-14-7-4-8-15-24/h4-12,14-19,28H,2-3,13,20-23H2,1H3,(H,30,33)/t28-/m1/s1. The van der Waals surface area contributed by atoms with Gasteiger partial charge in [-0.05, 0) is 29.5 Å². The van der Waals surface area contributed by atoms with Gasteiger partial charge in [0.05, 0.1) is 0 Å². The van der Waals surface area contributed by atoms with Crippen LogP contribution in [0.2, 0.25) is 0 Å². The second kappa shape index (κ2) is 13.2. The molecule has 3 rings (SSSR count). The van der Waals surface area contributed by atoms with E-state index >= 15 is 0 Å². The van der Waals surface area contributed by atoms with Crippen LogP contribution in [0.3, 0.4) is 0 Å². The highest BCUT2D eigenvalue weighted by Crippen LogP contribution is 2.25. The van der Waals surface area contributed by atoms with E-state index in [1.165, 1.54) is 0 Å². The van der Waals surface area contributed by atoms with Crippen LogP contribution in [0.25, 0.3) is 0 Å². The van der Waals surface area contributed by atoms with E-state index in [0.717, 1.165) is 36.0 Å². The van der Waals surface area contributed by atoms with Gasteiger partial charge in [0.15, 0.2) is 0 Å². The summed E-state index contributed by atoms with van der Waals surface area (Å²) in [5.41, 5.74) is 2.95. The molecule has 172 valence electrons. The monoisotopic (exact) mass is 442 g/mol. The number of rotatable bonds is 12. The maximum atomic E-state index is 13.6. The summed E-state index contributed by atoms with van der Waals surface area (Å²) in [5, 5.41) is 3.08. The first kappa shape index (κ1) is 24.2. The molecule has 0 heterocycles. The molecule has 1 atom stereocenters. The van der Waals surface area contributed by atoms with Crippen molar-refractivity contribution >= 4 is 11.8 Å². The fraction of sp³-hybridized carbons (Fsp3) is 0.310. The fourth-order valence-corrected chi connectivity index (χ4v) is 3.93. The Bertz CT molecular complexity index is 974. The first-order valence-electron chi connectivity index (χ1n) is 11.9. The van der Waals surface area contributed by atoms with Gasteiger partial charge in [0.2, 0.25) is 11.8 Å². The number of benzene rings is 3. The van der Waals surface area contributed by atoms with Crippen LogP contribution < -0.4 is 5.32 Å². The zero-order chi connectivity index (χ0) is 23.3. The number of hydrogen-bond acceptors (Lipinski definition) is 2. The molecule has 0 aromatic heterocycles. The van der Waals surface area contributed by atoms with Gasteiger partial charge in [-0.3, -0.25) is 9.59 Å². The molecule has 0 saturated carbocycles. The third-order valence-electron chi connectivity index (χ3n) is 5.74. The summed E-state index contributed by atoms with van der Waals surface area (Å²) >= 11 is 0. The van der Waals surface area contributed by atoms with Crippen molar-refractivity contribution in [3.05, 3.63) is 108 Å². The van der Waals surface area contributed by atoms with Crippen molar-refractivity contribution < 1.29 is 9.59 Å². The Kier molecular flexibility index (Phi) is 9.71. The molecular formula is C29H34N2O2. The topological polar surface area (TPSA) is 49.4 Å². The third-order valence-corrected chi connectivity index (χ3v) is 5.74. The Labute approximate surface area is 197 Å². The van der Waals surface area contributed by atoms with Gasteiger partial charge in [-0.1, -0.05) is 111 Å². The number of aryl methyl sites for hydroxylation is 1. The predicted molar refractivity (Wildman–Crippen MR) is 133 cm³/mol. The molecular weight excluding hydrogens is 408 g/mol. The van der Waals surface area contributed by atoms with E-state index in [1.807, 2.05) is 91.0 Å². The van der Waals surface area contributed by atoms with Gasteiger partial charge in [-0.15, -0.1) is 0 Å². The number of carbonyl (C=O) groups is 2. The Morgan fingerprint density at radius 3 is 1.97 bits per heavy atom. The molecule has 2 amide bonds. The van der Waals surface area contributed by atoms with Gasteiger partial charge >= 0.3 is 0 Å². The Hall–Kier alpha value is -3.40. The molecule has 0 aliphatic carbocycles. The number of hydrogen-bond donors (Lipinski definition) is 1. The average molecular weight is 443 g/mol. The number of nitrogens with zero attached hydrogens (tertiary/aromatic N) is 1. The van der Waals surface area contributed by atoms with E-state index in [4.69, 9.17) is 0 Å². The Balaban J connectivity index is 1.86. The summed E-state index contributed by atoms with van der Waals surface area (Å²) in [4.78, 5) is 28.7. The molecule has 0 spiro atoms. The lowest BCUT2D eigenvalue weighted by Gasteiger charge is -2.32. The second-order valence-corrected chi connectivity index (χ2v) is 8.30. The van der Waals surface area contributed by atoms with E-state index in [1.54, 1.807) is 4.90 Å². The fourth-order valence-electron chi connectivity index (χ4n) is 3.93. The van der Waals surface area contributed by atoms with Crippen molar-refractivity contribution in [2.24, 2.45) is 0 Å². The van der Waals surface area contributed by atoms with Crippen LogP contribution in [-0.4, -0.2) is 23.3 Å². The maximum Gasteiger partial charge on any atom is 0.247 e. The molecule has 0 saturated heterocycles. The number of nitrogens with one attached hydrogen (secondary N) is 1. The average Bonchev–Trinajstić information content (AvgIpc) is 2.87. The summed E-state index contributed by atoms with van der Waals surface area (Å²) in [6, 6.07) is 28.8. The lowest BCUT2D eigenvalue weighted by molar-refractivity contribution is -0.141. The van der Waals surface area contributed by atoms with Crippen LogP contribution >= 0.6 is 0 Å². The van der Waals surface area contributed by atoms with Crippen molar-refractivity contribution in [2.75, 3.05) is 6.54 Å². The third kappa shape index (κ3) is 7.60. The molecule has 33 heavy (non-hydrogen) atoms. The first-order valence-corrected chi connectivity index (χ1v) is 11.9. The molecule has 0 bridgehead atoms. The smallest absolute Gasteiger partial charge is 0.247 e. The molecule has 0 radical (unpaired) electrons. The van der Waals surface area contributed by atoms with E-state index < -0.39 is 6.04 Å². The van der Waals surface area contributed by atoms with Crippen LogP contribution in [0.15, 0.2) is 91.0 Å². The van der Waals surface area contributed by atoms with Crippen molar-refractivity contribution in [2.45, 2.75) is 51.6 Å². The predicted octanol–water partition coefficient (Wildman–Crippen LogP) is 5.70. The lowest BCUT2D eigenvalue weighted by Crippen LogP contribution is -2.43. The molecule has 1 N–H and O–H groups in total. The summed E-state index contributed by atoms with van der Waals surface area (Å²) in [5.74, 6) is -0.151. The lowest BCUT2D eigenvalue weighted by atomic mass is 10.0. The number of amides is 2. The summed E-state index contributed by atoms with van der Waals surface area (Å²) in [7, 11) is 0. The highest BCUT2D eigenvalue weighted by Gasteiger charge is 2.31. The zero-order valence-electron chi connectivity index (χ0n) is 19.5. The van der Waals surface area contributed by atoms with Crippen molar-refractivity contribution in [1.82, 2.24) is 10.2 Å². The SMILES string of the molecule is CCCCCNC(=O)[C@@H](c1ccccc1)N(Cc1ccccc1)C(=O)CCc1ccccc1. The highest BCUT2D eigenvalue weighted by molar-refractivity contribution is 5.88. The molecule has 3 aromatic rings. The molecule has 3 aromatic carbocycles. The van der Waals surface area contributed by atoms with Gasteiger partial charge in [-0.25, -0.2) is 0 Å². The quantitative estimate of drug-likeness (QED) is 0.366. The van der Waals surface area contributed by atoms with Crippen LogP contribution in [0.5, 0.6) is 0 Å². The van der Waals surface area contributed by atoms with Crippen LogP contribution in [0.1, 0.15) is 55.3 Å². The Morgan fingerprint density at radius 1 is 0.788 bits per heavy atom. The van der Waals surface area contributed by atoms with E-state index in [9.17, 15) is 9.59 Å². The number of carbonyl (C=O) groups excluding carboxylic acids is 2. The molecule has 4 nitrogen and oxygen atoms in total. The van der Waals surface area contributed by atoms with Gasteiger partial charge in [-0.2, -0.15) is 0 Å². The minimum atomic E-state index is -0.670. The molecule has 0 unspecified atom stereocenters. The van der Waals surface area contributed by atoms with Crippen LogP contribution in [-0.2, 0) is 22.6 Å². The summed E-state index contributed by atoms with van der Waals surface area (Å²) in [6.07, 6.45) is 4.09. The normalized spacial score (nSPS) is 11.5. The summed E-state index contributed by atoms with van der Waals surface area (Å²) in [6.45, 7) is 3.14. The molecule has 0 aliphatic heterocycles. The van der Waals surface area contributed by atoms with E-state index in [2.05, 4.69) is 12.2 Å². The minimum absolute atomic E-state index is 0.0275. The van der Waals surface area contributed by atoms with Crippen LogP contribution in [0.4, 0.5) is 0 Å². The largest absolute Gasteiger partial charge is 0.354 e. The van der Waals surface area contributed by atoms with Gasteiger partial charge < -0.3 is 10.2 Å². The van der Waals surface area contributed by atoms with Crippen molar-refractivity contribution in [1.29, 1.82) is 0 Å². The molecule has 0 aliphatic rings. The van der Waals surface area contributed by atoms with Gasteiger partial charge in [0.1, 0.15) is 6.04 Å². The van der Waals surface area contributed by atoms with E-state index in [-0.39, 0.29) is 11.8 Å². The van der Waals surface area contributed by atoms with Crippen LogP contribution in [0, 0.1) is 0 Å². The van der Waals surface area contributed by atoms with Crippen molar-refractivity contribution in [3.63, 3.8) is 0 Å². The molecule has 0 fully saturated rings. The highest BCUT2D eigenvalue weighted by atomic mass is 16.2. The Morgan fingerprint density at radius 2 is 1.36 bits per heavy atom. The van der Waals surface area contributed by atoms with Crippen molar-refractivity contribution in [3.8, 4) is 0 Å². The minimum Gasteiger partial charge on any atom is -0.354 e. The maximum absolute atomic E-state index is 13.6. The van der Waals surface area contributed by atoms with Gasteiger partial charge in [0, 0.05) is 19.5 Å². The second-order valence-electron chi connectivity index (χ2n) is 8.30. The zero-order valence-corrected chi connectivity index (χ0v) is 19.5. The van der Waals surface area contributed by atoms with Gasteiger partial charge in [0.25, 0.3) is 0 Å². The first-order chi connectivity index (χ1) is 16.2. The van der Waals surface area contributed by atoms with E-state index in [0.29, 0.717) is 25.9 Å².